The first-order chi connectivity index (χ1) is 27.7. The molecule has 1 heterocycles. The minimum absolute atomic E-state index is 0.891. The smallest absolute Gasteiger partial charge is 0.135 e. The summed E-state index contributed by atoms with van der Waals surface area (Å²) in [5.74, 6) is 1.80. The molecule has 1 aliphatic rings. The molecule has 0 saturated heterocycles. The third kappa shape index (κ3) is 5.51. The molecule has 56 heavy (non-hydrogen) atoms. The number of fused-ring (bicyclic) bond motifs is 4. The number of para-hydroxylation sites is 1. The lowest BCUT2D eigenvalue weighted by Crippen LogP contribution is -2.10. The summed E-state index contributed by atoms with van der Waals surface area (Å²) in [6, 6.07) is 76.6. The van der Waals surface area contributed by atoms with Gasteiger partial charge >= 0.3 is 0 Å². The monoisotopic (exact) mass is 713 g/mol. The molecule has 2 nitrogen and oxygen atoms in total. The number of anilines is 3. The highest BCUT2D eigenvalue weighted by Gasteiger charge is 2.21. The van der Waals surface area contributed by atoms with Gasteiger partial charge in [-0.05, 0) is 133 Å². The predicted octanol–water partition coefficient (Wildman–Crippen LogP) is 15.4. The van der Waals surface area contributed by atoms with E-state index in [1.165, 1.54) is 60.3 Å². The minimum atomic E-state index is 0.891. The van der Waals surface area contributed by atoms with Crippen LogP contribution in [0.15, 0.2) is 212 Å². The number of nitrogens with zero attached hydrogens (tertiary/aromatic N) is 1. The Morgan fingerprint density at radius 1 is 0.286 bits per heavy atom. The van der Waals surface area contributed by atoms with Gasteiger partial charge in [-0.25, -0.2) is 0 Å². The van der Waals surface area contributed by atoms with E-state index < -0.39 is 0 Å². The summed E-state index contributed by atoms with van der Waals surface area (Å²) < 4.78 is 6.36. The molecule has 11 rings (SSSR count). The number of hydrogen-bond donors (Lipinski definition) is 0. The maximum absolute atomic E-state index is 6.36. The van der Waals surface area contributed by atoms with E-state index in [9.17, 15) is 0 Å². The van der Waals surface area contributed by atoms with Crippen LogP contribution in [-0.4, -0.2) is 0 Å². The zero-order valence-corrected chi connectivity index (χ0v) is 30.6. The molecule has 0 spiro atoms. The zero-order valence-electron chi connectivity index (χ0n) is 30.6. The standard InChI is InChI=1S/C54H35NO/c1-2-13-39-31-41(26-25-36(39)11-1)37-27-29-45(30-28-37)55(47-19-8-16-42(34-47)49-22-9-14-38-12-3-4-20-48(38)49)46-18-7-15-40(33-46)44-32-43-17-10-24-53-54(43)51(35-44)50-21-5-6-23-52(50)56-53/h1-35H. The molecule has 1 aliphatic heterocycles. The number of rotatable bonds is 6. The molecule has 262 valence electrons. The third-order valence-corrected chi connectivity index (χ3v) is 11.2. The summed E-state index contributed by atoms with van der Waals surface area (Å²) in [5, 5.41) is 7.30. The van der Waals surface area contributed by atoms with Crippen LogP contribution in [0.25, 0.3) is 76.8 Å². The van der Waals surface area contributed by atoms with Crippen LogP contribution < -0.4 is 9.64 Å². The lowest BCUT2D eigenvalue weighted by atomic mass is 9.90. The molecule has 0 amide bonds. The molecule has 0 aliphatic carbocycles. The van der Waals surface area contributed by atoms with Crippen LogP contribution in [0.1, 0.15) is 0 Å². The molecule has 0 unspecified atom stereocenters. The summed E-state index contributed by atoms with van der Waals surface area (Å²) in [4.78, 5) is 2.38. The van der Waals surface area contributed by atoms with E-state index in [0.717, 1.165) is 45.1 Å². The van der Waals surface area contributed by atoms with E-state index in [1.807, 2.05) is 6.07 Å². The fourth-order valence-corrected chi connectivity index (χ4v) is 8.49. The summed E-state index contributed by atoms with van der Waals surface area (Å²) in [7, 11) is 0. The highest BCUT2D eigenvalue weighted by molar-refractivity contribution is 6.06. The molecular weight excluding hydrogens is 679 g/mol. The van der Waals surface area contributed by atoms with Gasteiger partial charge in [0.2, 0.25) is 0 Å². The lowest BCUT2D eigenvalue weighted by molar-refractivity contribution is 0.487. The van der Waals surface area contributed by atoms with Gasteiger partial charge in [-0.15, -0.1) is 0 Å². The van der Waals surface area contributed by atoms with Crippen LogP contribution >= 0.6 is 0 Å². The molecule has 10 aromatic carbocycles. The third-order valence-electron chi connectivity index (χ3n) is 11.2. The number of benzene rings is 10. The van der Waals surface area contributed by atoms with Crippen LogP contribution in [-0.2, 0) is 0 Å². The van der Waals surface area contributed by atoms with Crippen molar-refractivity contribution in [2.75, 3.05) is 4.90 Å². The maximum atomic E-state index is 6.36. The van der Waals surface area contributed by atoms with Crippen LogP contribution in [0, 0.1) is 0 Å². The van der Waals surface area contributed by atoms with Gasteiger partial charge in [0.05, 0.1) is 0 Å². The van der Waals surface area contributed by atoms with Gasteiger partial charge in [-0.2, -0.15) is 0 Å². The van der Waals surface area contributed by atoms with E-state index in [0.29, 0.717) is 0 Å². The Morgan fingerprint density at radius 2 is 0.875 bits per heavy atom. The highest BCUT2D eigenvalue weighted by Crippen LogP contribution is 2.48. The second-order valence-electron chi connectivity index (χ2n) is 14.5. The Labute approximate surface area is 326 Å². The van der Waals surface area contributed by atoms with E-state index in [2.05, 4.69) is 211 Å². The molecule has 10 aromatic rings. The molecule has 0 aromatic heterocycles. The summed E-state index contributed by atoms with van der Waals surface area (Å²) in [6.45, 7) is 0. The predicted molar refractivity (Wildman–Crippen MR) is 235 cm³/mol. The Bertz CT molecular complexity index is 3120. The number of ether oxygens (including phenoxy) is 1. The van der Waals surface area contributed by atoms with Crippen LogP contribution in [0.5, 0.6) is 11.5 Å². The van der Waals surface area contributed by atoms with E-state index in [1.54, 1.807) is 0 Å². The SMILES string of the molecule is c1cc(-c2cc3c4c(cccc4c2)Oc2ccccc2-3)cc(N(c2ccc(-c3ccc4ccccc4c3)cc2)c2cccc(-c3cccc4ccccc34)c2)c1. The molecule has 0 N–H and O–H groups in total. The Kier molecular flexibility index (Phi) is 7.53. The molecule has 0 fully saturated rings. The van der Waals surface area contributed by atoms with E-state index >= 15 is 0 Å². The summed E-state index contributed by atoms with van der Waals surface area (Å²) >= 11 is 0. The fraction of sp³-hybridized carbons (Fsp3) is 0. The zero-order chi connectivity index (χ0) is 37.0. The highest BCUT2D eigenvalue weighted by atomic mass is 16.5. The van der Waals surface area contributed by atoms with Gasteiger partial charge in [0.25, 0.3) is 0 Å². The van der Waals surface area contributed by atoms with Crippen molar-refractivity contribution in [3.8, 4) is 56.0 Å². The molecule has 2 heteroatoms. The van der Waals surface area contributed by atoms with Gasteiger partial charge in [0.1, 0.15) is 11.5 Å². The van der Waals surface area contributed by atoms with Crippen molar-refractivity contribution in [1.82, 2.24) is 0 Å². The summed E-state index contributed by atoms with van der Waals surface area (Å²) in [6.07, 6.45) is 0. The Morgan fingerprint density at radius 3 is 1.75 bits per heavy atom. The average Bonchev–Trinajstić information content (AvgIpc) is 3.26. The average molecular weight is 714 g/mol. The normalized spacial score (nSPS) is 11.7. The van der Waals surface area contributed by atoms with E-state index in [-0.39, 0.29) is 0 Å². The van der Waals surface area contributed by atoms with Gasteiger partial charge < -0.3 is 9.64 Å². The van der Waals surface area contributed by atoms with E-state index in [4.69, 9.17) is 4.74 Å². The van der Waals surface area contributed by atoms with Crippen molar-refractivity contribution in [3.63, 3.8) is 0 Å². The Hall–Kier alpha value is -7.42. The van der Waals surface area contributed by atoms with Crippen molar-refractivity contribution in [2.24, 2.45) is 0 Å². The molecule has 0 atom stereocenters. The van der Waals surface area contributed by atoms with Crippen molar-refractivity contribution in [3.05, 3.63) is 212 Å². The quantitative estimate of drug-likeness (QED) is 0.170. The second-order valence-corrected chi connectivity index (χ2v) is 14.5. The largest absolute Gasteiger partial charge is 0.456 e. The fourth-order valence-electron chi connectivity index (χ4n) is 8.49. The lowest BCUT2D eigenvalue weighted by Gasteiger charge is -2.27. The van der Waals surface area contributed by atoms with Crippen molar-refractivity contribution in [1.29, 1.82) is 0 Å². The van der Waals surface area contributed by atoms with Crippen molar-refractivity contribution in [2.45, 2.75) is 0 Å². The topological polar surface area (TPSA) is 12.5 Å². The van der Waals surface area contributed by atoms with Gasteiger partial charge in [0, 0.05) is 28.0 Å². The molecule has 0 saturated carbocycles. The first-order valence-corrected chi connectivity index (χ1v) is 19.2. The maximum Gasteiger partial charge on any atom is 0.135 e. The number of hydrogen-bond acceptors (Lipinski definition) is 2. The first kappa shape index (κ1) is 32.0. The van der Waals surface area contributed by atoms with Crippen molar-refractivity contribution < 1.29 is 4.74 Å². The second kappa shape index (κ2) is 13.2. The van der Waals surface area contributed by atoms with Gasteiger partial charge in [-0.3, -0.25) is 0 Å². The molecular formula is C54H35NO. The minimum Gasteiger partial charge on any atom is -0.456 e. The van der Waals surface area contributed by atoms with Crippen LogP contribution in [0.4, 0.5) is 17.1 Å². The first-order valence-electron chi connectivity index (χ1n) is 19.2. The molecule has 0 bridgehead atoms. The molecule has 0 radical (unpaired) electrons. The van der Waals surface area contributed by atoms with Crippen LogP contribution in [0.3, 0.4) is 0 Å². The van der Waals surface area contributed by atoms with Gasteiger partial charge in [-0.1, -0.05) is 146 Å². The Balaban J connectivity index is 1.06. The van der Waals surface area contributed by atoms with Crippen molar-refractivity contribution >= 4 is 49.4 Å². The van der Waals surface area contributed by atoms with Gasteiger partial charge in [0.15, 0.2) is 0 Å². The van der Waals surface area contributed by atoms with Crippen LogP contribution in [0.2, 0.25) is 0 Å². The summed E-state index contributed by atoms with van der Waals surface area (Å²) in [5.41, 5.74) is 12.7.